The maximum Gasteiger partial charge on any atom is 0.257 e. The molecule has 1 aliphatic heterocycles. The van der Waals surface area contributed by atoms with E-state index in [-0.39, 0.29) is 30.7 Å². The van der Waals surface area contributed by atoms with E-state index in [0.29, 0.717) is 4.47 Å². The number of carbonyl (C=O) groups is 1. The third-order valence-electron chi connectivity index (χ3n) is 3.89. The Morgan fingerprint density at radius 2 is 2.14 bits per heavy atom. The number of likely N-dealkylation sites (tertiary alicyclic amines) is 1. The van der Waals surface area contributed by atoms with E-state index in [1.807, 2.05) is 7.05 Å². The minimum absolute atomic E-state index is 0.0592. The van der Waals surface area contributed by atoms with E-state index in [1.165, 1.54) is 12.1 Å². The van der Waals surface area contributed by atoms with Crippen molar-refractivity contribution in [3.8, 4) is 0 Å². The first-order valence-corrected chi connectivity index (χ1v) is 7.87. The van der Waals surface area contributed by atoms with Crippen molar-refractivity contribution in [1.82, 2.24) is 9.80 Å². The molecule has 2 rings (SSSR count). The molecule has 1 heterocycles. The average molecular weight is 359 g/mol. The molecule has 1 saturated heterocycles. The van der Waals surface area contributed by atoms with Gasteiger partial charge in [0.15, 0.2) is 0 Å². The monoisotopic (exact) mass is 358 g/mol. The van der Waals surface area contributed by atoms with Crippen LogP contribution < -0.4 is 0 Å². The smallest absolute Gasteiger partial charge is 0.257 e. The van der Waals surface area contributed by atoms with Gasteiger partial charge >= 0.3 is 0 Å². The van der Waals surface area contributed by atoms with Gasteiger partial charge < -0.3 is 14.9 Å². The van der Waals surface area contributed by atoms with Crippen LogP contribution in [0.15, 0.2) is 22.7 Å². The number of hydrogen-bond donors (Lipinski definition) is 1. The van der Waals surface area contributed by atoms with Gasteiger partial charge in [-0.3, -0.25) is 4.79 Å². The summed E-state index contributed by atoms with van der Waals surface area (Å²) in [5, 5.41) is 9.22. The Kier molecular flexibility index (Phi) is 5.72. The van der Waals surface area contributed by atoms with Crippen LogP contribution in [0.3, 0.4) is 0 Å². The second kappa shape index (κ2) is 7.33. The number of halogens is 2. The lowest BCUT2D eigenvalue weighted by Crippen LogP contribution is -2.47. The third kappa shape index (κ3) is 4.02. The number of rotatable bonds is 4. The summed E-state index contributed by atoms with van der Waals surface area (Å²) < 4.78 is 14.6. The Bertz CT molecular complexity index is 504. The fourth-order valence-electron chi connectivity index (χ4n) is 2.68. The Morgan fingerprint density at radius 3 is 2.71 bits per heavy atom. The number of hydrogen-bond acceptors (Lipinski definition) is 3. The Balaban J connectivity index is 2.18. The van der Waals surface area contributed by atoms with Gasteiger partial charge in [-0.2, -0.15) is 0 Å². The number of piperidine rings is 1. The highest BCUT2D eigenvalue weighted by atomic mass is 79.9. The molecule has 0 saturated carbocycles. The van der Waals surface area contributed by atoms with Crippen LogP contribution in [-0.2, 0) is 0 Å². The fraction of sp³-hybridized carbons (Fsp3) is 0.533. The summed E-state index contributed by atoms with van der Waals surface area (Å²) in [4.78, 5) is 16.4. The molecule has 0 radical (unpaired) electrons. The van der Waals surface area contributed by atoms with Crippen LogP contribution in [0.2, 0.25) is 0 Å². The van der Waals surface area contributed by atoms with Crippen LogP contribution in [0.5, 0.6) is 0 Å². The first kappa shape index (κ1) is 16.4. The summed E-state index contributed by atoms with van der Waals surface area (Å²) >= 11 is 3.19. The molecule has 0 bridgehead atoms. The summed E-state index contributed by atoms with van der Waals surface area (Å²) in [6, 6.07) is 4.49. The molecule has 0 atom stereocenters. The molecule has 116 valence electrons. The lowest BCUT2D eigenvalue weighted by atomic mass is 10.0. The average Bonchev–Trinajstić information content (AvgIpc) is 2.45. The van der Waals surface area contributed by atoms with Crippen LogP contribution in [0, 0.1) is 5.82 Å². The molecule has 0 spiro atoms. The second-order valence-corrected chi connectivity index (χ2v) is 6.30. The molecule has 1 aliphatic rings. The summed E-state index contributed by atoms with van der Waals surface area (Å²) in [7, 11) is 2.04. The van der Waals surface area contributed by atoms with E-state index in [1.54, 1.807) is 11.0 Å². The predicted octanol–water partition coefficient (Wildman–Crippen LogP) is 2.12. The van der Waals surface area contributed by atoms with E-state index in [2.05, 4.69) is 20.8 Å². The molecule has 1 aromatic carbocycles. The van der Waals surface area contributed by atoms with Crippen molar-refractivity contribution >= 4 is 21.8 Å². The number of amides is 1. The Labute approximate surface area is 132 Å². The van der Waals surface area contributed by atoms with Crippen molar-refractivity contribution in [2.75, 3.05) is 33.3 Å². The molecule has 0 unspecified atom stereocenters. The lowest BCUT2D eigenvalue weighted by Gasteiger charge is -2.37. The van der Waals surface area contributed by atoms with Gasteiger partial charge in [0.25, 0.3) is 5.91 Å². The molecular weight excluding hydrogens is 339 g/mol. The highest BCUT2D eigenvalue weighted by Gasteiger charge is 2.28. The summed E-state index contributed by atoms with van der Waals surface area (Å²) in [6.45, 7) is 1.93. The van der Waals surface area contributed by atoms with Crippen molar-refractivity contribution in [3.05, 3.63) is 34.1 Å². The minimum atomic E-state index is -0.537. The number of aliphatic hydroxyl groups is 1. The zero-order valence-corrected chi connectivity index (χ0v) is 13.6. The first-order valence-electron chi connectivity index (χ1n) is 7.08. The van der Waals surface area contributed by atoms with Crippen LogP contribution in [-0.4, -0.2) is 60.1 Å². The maximum absolute atomic E-state index is 14.0. The second-order valence-electron chi connectivity index (χ2n) is 5.38. The van der Waals surface area contributed by atoms with Gasteiger partial charge in [0.2, 0.25) is 0 Å². The molecule has 1 N–H and O–H groups in total. The standard InChI is InChI=1S/C15H20BrFN2O2/c1-18-6-4-12(5-7-18)19(8-9-20)15(21)13-3-2-11(16)10-14(13)17/h2-3,10,12,20H,4-9H2,1H3. The quantitative estimate of drug-likeness (QED) is 0.896. The van der Waals surface area contributed by atoms with Gasteiger partial charge in [0, 0.05) is 17.1 Å². The zero-order valence-electron chi connectivity index (χ0n) is 12.1. The predicted molar refractivity (Wildman–Crippen MR) is 82.7 cm³/mol. The van der Waals surface area contributed by atoms with Crippen molar-refractivity contribution in [2.24, 2.45) is 0 Å². The lowest BCUT2D eigenvalue weighted by molar-refractivity contribution is 0.0535. The van der Waals surface area contributed by atoms with Crippen molar-refractivity contribution < 1.29 is 14.3 Å². The molecule has 6 heteroatoms. The first-order chi connectivity index (χ1) is 10.0. The number of carbonyl (C=O) groups excluding carboxylic acids is 1. The van der Waals surface area contributed by atoms with Crippen molar-refractivity contribution in [2.45, 2.75) is 18.9 Å². The summed E-state index contributed by atoms with van der Waals surface area (Å²) in [5.41, 5.74) is 0.0607. The molecular formula is C15H20BrFN2O2. The van der Waals surface area contributed by atoms with Crippen LogP contribution in [0.1, 0.15) is 23.2 Å². The largest absolute Gasteiger partial charge is 0.395 e. The van der Waals surface area contributed by atoms with Gasteiger partial charge in [-0.25, -0.2) is 4.39 Å². The topological polar surface area (TPSA) is 43.8 Å². The van der Waals surface area contributed by atoms with Crippen molar-refractivity contribution in [3.63, 3.8) is 0 Å². The van der Waals surface area contributed by atoms with Crippen LogP contribution in [0.4, 0.5) is 4.39 Å². The normalized spacial score (nSPS) is 17.0. The molecule has 0 aromatic heterocycles. The van der Waals surface area contributed by atoms with Gasteiger partial charge in [0.05, 0.1) is 12.2 Å². The van der Waals surface area contributed by atoms with Gasteiger partial charge in [0.1, 0.15) is 5.82 Å². The van der Waals surface area contributed by atoms with Crippen LogP contribution in [0.25, 0.3) is 0 Å². The zero-order chi connectivity index (χ0) is 15.4. The Morgan fingerprint density at radius 1 is 1.48 bits per heavy atom. The van der Waals surface area contributed by atoms with Crippen molar-refractivity contribution in [1.29, 1.82) is 0 Å². The molecule has 1 fully saturated rings. The summed E-state index contributed by atoms with van der Waals surface area (Å²) in [5.74, 6) is -0.881. The van der Waals surface area contributed by atoms with E-state index in [4.69, 9.17) is 0 Å². The van der Waals surface area contributed by atoms with Crippen LogP contribution >= 0.6 is 15.9 Å². The van der Waals surface area contributed by atoms with E-state index >= 15 is 0 Å². The molecule has 1 aromatic rings. The SMILES string of the molecule is CN1CCC(N(CCO)C(=O)c2ccc(Br)cc2F)CC1. The number of aliphatic hydroxyl groups excluding tert-OH is 1. The highest BCUT2D eigenvalue weighted by Crippen LogP contribution is 2.21. The van der Waals surface area contributed by atoms with Gasteiger partial charge in [-0.05, 0) is 51.2 Å². The minimum Gasteiger partial charge on any atom is -0.395 e. The highest BCUT2D eigenvalue weighted by molar-refractivity contribution is 9.10. The fourth-order valence-corrected chi connectivity index (χ4v) is 3.02. The summed E-state index contributed by atoms with van der Waals surface area (Å²) in [6.07, 6.45) is 1.70. The molecule has 21 heavy (non-hydrogen) atoms. The molecule has 4 nitrogen and oxygen atoms in total. The maximum atomic E-state index is 14.0. The van der Waals surface area contributed by atoms with Gasteiger partial charge in [-0.1, -0.05) is 15.9 Å². The molecule has 1 amide bonds. The van der Waals surface area contributed by atoms with E-state index in [0.717, 1.165) is 25.9 Å². The van der Waals surface area contributed by atoms with E-state index < -0.39 is 5.82 Å². The van der Waals surface area contributed by atoms with Gasteiger partial charge in [-0.15, -0.1) is 0 Å². The molecule has 0 aliphatic carbocycles. The Hall–Kier alpha value is -0.980. The van der Waals surface area contributed by atoms with E-state index in [9.17, 15) is 14.3 Å². The number of benzene rings is 1. The third-order valence-corrected chi connectivity index (χ3v) is 4.39. The number of nitrogens with zero attached hydrogens (tertiary/aromatic N) is 2.